The van der Waals surface area contributed by atoms with Gasteiger partial charge in [-0.1, -0.05) is 19.4 Å². The first-order valence-electron chi connectivity index (χ1n) is 7.57. The van der Waals surface area contributed by atoms with Crippen LogP contribution in [0.3, 0.4) is 0 Å². The third-order valence-electron chi connectivity index (χ3n) is 3.27. The summed E-state index contributed by atoms with van der Waals surface area (Å²) in [6.07, 6.45) is 4.94. The summed E-state index contributed by atoms with van der Waals surface area (Å²) in [4.78, 5) is 18.9. The molecule has 0 amide bonds. The highest BCUT2D eigenvalue weighted by molar-refractivity contribution is 7.15. The molecular weight excluding hydrogens is 324 g/mol. The van der Waals surface area contributed by atoms with Crippen molar-refractivity contribution in [2.45, 2.75) is 26.7 Å². The van der Waals surface area contributed by atoms with Crippen LogP contribution in [0.4, 0.5) is 0 Å². The van der Waals surface area contributed by atoms with Crippen LogP contribution >= 0.6 is 11.3 Å². The van der Waals surface area contributed by atoms with Gasteiger partial charge in [0.1, 0.15) is 10.8 Å². The summed E-state index contributed by atoms with van der Waals surface area (Å²) in [7, 11) is 0. The number of hydrogen-bond donors (Lipinski definition) is 1. The number of rotatable bonds is 7. The average molecular weight is 342 g/mol. The number of nitrogens with zero attached hydrogens (tertiary/aromatic N) is 2. The van der Waals surface area contributed by atoms with E-state index in [1.54, 1.807) is 6.20 Å². The maximum atomic E-state index is 10.9. The Balaban J connectivity index is 2.33. The van der Waals surface area contributed by atoms with Crippen LogP contribution < -0.4 is 4.74 Å². The van der Waals surface area contributed by atoms with Crippen LogP contribution in [0.2, 0.25) is 0 Å². The standard InChI is InChI=1S/C18H18N2O3S/c1-4-5-8-23-16-9-12(2)6-7-14(16)17-20-11-13(24-17)10-15(19-3)18(21)22/h6-7,9-11H,4-5,8H2,1-2H3,(H,21,22)/b15-10-. The molecule has 0 bridgehead atoms. The first-order chi connectivity index (χ1) is 11.5. The zero-order chi connectivity index (χ0) is 17.5. The molecule has 0 radical (unpaired) electrons. The lowest BCUT2D eigenvalue weighted by molar-refractivity contribution is -0.132. The van der Waals surface area contributed by atoms with Crippen molar-refractivity contribution in [3.05, 3.63) is 52.0 Å². The molecule has 0 spiro atoms. The van der Waals surface area contributed by atoms with Gasteiger partial charge in [-0.05, 0) is 37.1 Å². The number of carboxylic acid groups (broad SMARTS) is 1. The van der Waals surface area contributed by atoms with Crippen LogP contribution in [0.5, 0.6) is 5.75 Å². The second kappa shape index (κ2) is 8.27. The van der Waals surface area contributed by atoms with Crippen molar-refractivity contribution in [3.8, 4) is 16.3 Å². The third kappa shape index (κ3) is 4.43. The van der Waals surface area contributed by atoms with Gasteiger partial charge in [0, 0.05) is 11.1 Å². The van der Waals surface area contributed by atoms with Crippen LogP contribution in [0.1, 0.15) is 30.2 Å². The van der Waals surface area contributed by atoms with E-state index >= 15 is 0 Å². The molecule has 0 aliphatic rings. The molecule has 24 heavy (non-hydrogen) atoms. The minimum absolute atomic E-state index is 0.325. The van der Waals surface area contributed by atoms with Gasteiger partial charge in [0.05, 0.1) is 18.7 Å². The minimum atomic E-state index is -1.24. The van der Waals surface area contributed by atoms with Crippen molar-refractivity contribution < 1.29 is 14.6 Å². The molecule has 0 fully saturated rings. The second-order valence-electron chi connectivity index (χ2n) is 5.22. The summed E-state index contributed by atoms with van der Waals surface area (Å²) >= 11 is 1.33. The normalized spacial score (nSPS) is 11.1. The van der Waals surface area contributed by atoms with Gasteiger partial charge in [-0.3, -0.25) is 4.79 Å². The van der Waals surface area contributed by atoms with E-state index in [4.69, 9.17) is 16.4 Å². The smallest absolute Gasteiger partial charge is 0.333 e. The first-order valence-corrected chi connectivity index (χ1v) is 8.39. The number of hydrogen-bond acceptors (Lipinski definition) is 4. The summed E-state index contributed by atoms with van der Waals surface area (Å²) < 4.78 is 5.87. The highest BCUT2D eigenvalue weighted by Crippen LogP contribution is 2.34. The molecule has 2 aromatic rings. The Morgan fingerprint density at radius 1 is 1.50 bits per heavy atom. The van der Waals surface area contributed by atoms with Crippen LogP contribution in [0.25, 0.3) is 21.5 Å². The molecular formula is C18H18N2O3S. The Bertz CT molecular complexity index is 803. The van der Waals surface area contributed by atoms with Gasteiger partial charge in [0.15, 0.2) is 0 Å². The Kier molecular flexibility index (Phi) is 6.10. The molecule has 0 saturated carbocycles. The lowest BCUT2D eigenvalue weighted by atomic mass is 10.1. The van der Waals surface area contributed by atoms with Crippen molar-refractivity contribution in [1.82, 2.24) is 4.98 Å². The largest absolute Gasteiger partial charge is 0.493 e. The summed E-state index contributed by atoms with van der Waals surface area (Å²) in [6, 6.07) is 5.92. The van der Waals surface area contributed by atoms with E-state index in [0.717, 1.165) is 34.7 Å². The monoisotopic (exact) mass is 342 g/mol. The molecule has 0 atom stereocenters. The molecule has 1 heterocycles. The molecule has 124 valence electrons. The van der Waals surface area contributed by atoms with Gasteiger partial charge in [-0.25, -0.2) is 9.83 Å². The van der Waals surface area contributed by atoms with E-state index < -0.39 is 5.97 Å². The predicted octanol–water partition coefficient (Wildman–Crippen LogP) is 4.64. The van der Waals surface area contributed by atoms with E-state index in [1.165, 1.54) is 17.4 Å². The van der Waals surface area contributed by atoms with E-state index in [1.807, 2.05) is 25.1 Å². The Hall–Kier alpha value is -2.65. The summed E-state index contributed by atoms with van der Waals surface area (Å²) in [5.74, 6) is -0.462. The maximum absolute atomic E-state index is 10.9. The van der Waals surface area contributed by atoms with Gasteiger partial charge in [0.2, 0.25) is 0 Å². The minimum Gasteiger partial charge on any atom is -0.493 e. The molecule has 1 aromatic heterocycles. The quantitative estimate of drug-likeness (QED) is 0.452. The van der Waals surface area contributed by atoms with Crippen molar-refractivity contribution in [2.75, 3.05) is 6.61 Å². The molecule has 2 rings (SSSR count). The van der Waals surface area contributed by atoms with E-state index in [0.29, 0.717) is 11.5 Å². The second-order valence-corrected chi connectivity index (χ2v) is 6.28. The van der Waals surface area contributed by atoms with E-state index in [-0.39, 0.29) is 5.70 Å². The van der Waals surface area contributed by atoms with Crippen LogP contribution in [0, 0.1) is 13.5 Å². The topological polar surface area (TPSA) is 63.8 Å². The Morgan fingerprint density at radius 3 is 2.96 bits per heavy atom. The molecule has 0 aliphatic carbocycles. The highest BCUT2D eigenvalue weighted by atomic mass is 32.1. The number of aryl methyl sites for hydroxylation is 1. The summed E-state index contributed by atoms with van der Waals surface area (Å²) in [5.41, 5.74) is 1.65. The van der Waals surface area contributed by atoms with Crippen LogP contribution in [-0.2, 0) is 4.79 Å². The number of thiazole rings is 1. The van der Waals surface area contributed by atoms with Crippen LogP contribution in [-0.4, -0.2) is 22.7 Å². The molecule has 1 aromatic carbocycles. The summed E-state index contributed by atoms with van der Waals surface area (Å²) in [5, 5.41) is 9.67. The molecule has 0 unspecified atom stereocenters. The number of unbranched alkanes of at least 4 members (excludes halogenated alkanes) is 1. The maximum Gasteiger partial charge on any atom is 0.333 e. The van der Waals surface area contributed by atoms with Crippen LogP contribution in [0.15, 0.2) is 30.1 Å². The van der Waals surface area contributed by atoms with Gasteiger partial charge in [-0.15, -0.1) is 11.3 Å². The van der Waals surface area contributed by atoms with Crippen molar-refractivity contribution in [2.24, 2.45) is 0 Å². The SMILES string of the molecule is [C-]#[N+]/C(=C\c1cnc(-c2ccc(C)cc2OCCCC)s1)C(=O)O. The van der Waals surface area contributed by atoms with Crippen molar-refractivity contribution in [3.63, 3.8) is 0 Å². The predicted molar refractivity (Wildman–Crippen MR) is 94.9 cm³/mol. The van der Waals surface area contributed by atoms with Gasteiger partial charge >= 0.3 is 5.97 Å². The Morgan fingerprint density at radius 2 is 2.29 bits per heavy atom. The Labute approximate surface area is 145 Å². The van der Waals surface area contributed by atoms with Crippen molar-refractivity contribution >= 4 is 23.4 Å². The molecule has 0 saturated heterocycles. The third-order valence-corrected chi connectivity index (χ3v) is 4.24. The number of ether oxygens (including phenoxy) is 1. The fraction of sp³-hybridized carbons (Fsp3) is 0.278. The summed E-state index contributed by atoms with van der Waals surface area (Å²) in [6.45, 7) is 11.7. The first kappa shape index (κ1) is 17.7. The number of benzene rings is 1. The van der Waals surface area contributed by atoms with Crippen molar-refractivity contribution in [1.29, 1.82) is 0 Å². The van der Waals surface area contributed by atoms with Gasteiger partial charge in [0.25, 0.3) is 5.70 Å². The fourth-order valence-corrected chi connectivity index (χ4v) is 2.89. The average Bonchev–Trinajstić information content (AvgIpc) is 3.01. The fourth-order valence-electron chi connectivity index (χ4n) is 2.01. The number of aromatic nitrogens is 1. The van der Waals surface area contributed by atoms with Gasteiger partial charge in [-0.2, -0.15) is 0 Å². The molecule has 0 aliphatic heterocycles. The molecule has 1 N–H and O–H groups in total. The molecule has 5 nitrogen and oxygen atoms in total. The highest BCUT2D eigenvalue weighted by Gasteiger charge is 2.13. The lowest BCUT2D eigenvalue weighted by Gasteiger charge is -2.10. The lowest BCUT2D eigenvalue weighted by Crippen LogP contribution is -1.98. The number of aliphatic carboxylic acids is 1. The molecule has 6 heteroatoms. The van der Waals surface area contributed by atoms with Gasteiger partial charge < -0.3 is 9.84 Å². The number of carboxylic acids is 1. The zero-order valence-corrected chi connectivity index (χ0v) is 14.4. The van der Waals surface area contributed by atoms with E-state index in [2.05, 4.69) is 16.8 Å². The number of carbonyl (C=O) groups is 1. The van der Waals surface area contributed by atoms with E-state index in [9.17, 15) is 4.79 Å². The zero-order valence-electron chi connectivity index (χ0n) is 13.6.